The molecule has 3 N–H and O–H groups in total. The number of hydrogen-bond donors (Lipinski definition) is 2. The van der Waals surface area contributed by atoms with Crippen molar-refractivity contribution in [3.63, 3.8) is 0 Å². The van der Waals surface area contributed by atoms with Crippen LogP contribution in [0.25, 0.3) is 0 Å². The van der Waals surface area contributed by atoms with Crippen molar-refractivity contribution in [3.8, 4) is 11.8 Å². The number of aromatic nitrogens is 1. The maximum atomic E-state index is 11.8. The van der Waals surface area contributed by atoms with Crippen LogP contribution in [0.5, 0.6) is 0 Å². The lowest BCUT2D eigenvalue weighted by Gasteiger charge is -2.09. The van der Waals surface area contributed by atoms with E-state index in [-0.39, 0.29) is 17.5 Å². The van der Waals surface area contributed by atoms with Gasteiger partial charge in [-0.05, 0) is 19.9 Å². The summed E-state index contributed by atoms with van der Waals surface area (Å²) in [5.74, 6) is 5.39. The number of hydrogen-bond acceptors (Lipinski definition) is 4. The predicted molar refractivity (Wildman–Crippen MR) is 65.6 cm³/mol. The van der Waals surface area contributed by atoms with E-state index in [1.165, 1.54) is 18.5 Å². The molecular formula is C11H15N3O2S. The van der Waals surface area contributed by atoms with Gasteiger partial charge in [0.2, 0.25) is 10.0 Å². The summed E-state index contributed by atoms with van der Waals surface area (Å²) in [5.41, 5.74) is 5.77. The van der Waals surface area contributed by atoms with Gasteiger partial charge < -0.3 is 5.73 Å². The summed E-state index contributed by atoms with van der Waals surface area (Å²) in [7, 11) is -3.52. The monoisotopic (exact) mass is 253 g/mol. The minimum absolute atomic E-state index is 0.107. The van der Waals surface area contributed by atoms with Gasteiger partial charge in [0.15, 0.2) is 0 Å². The molecule has 0 spiro atoms. The maximum Gasteiger partial charge on any atom is 0.242 e. The van der Waals surface area contributed by atoms with Crippen LogP contribution < -0.4 is 10.5 Å². The van der Waals surface area contributed by atoms with Crippen molar-refractivity contribution in [1.29, 1.82) is 0 Å². The van der Waals surface area contributed by atoms with E-state index in [0.717, 1.165) is 0 Å². The molecule has 0 atom stereocenters. The highest BCUT2D eigenvalue weighted by Gasteiger charge is 2.15. The zero-order chi connectivity index (χ0) is 12.9. The summed E-state index contributed by atoms with van der Waals surface area (Å²) < 4.78 is 26.2. The summed E-state index contributed by atoms with van der Waals surface area (Å²) in [4.78, 5) is 3.96. The summed E-state index contributed by atoms with van der Waals surface area (Å²) >= 11 is 0. The molecule has 0 amide bonds. The Balaban J connectivity index is 3.07. The Bertz CT molecular complexity index is 541. The van der Waals surface area contributed by atoms with Gasteiger partial charge in [0, 0.05) is 24.0 Å². The van der Waals surface area contributed by atoms with Crippen LogP contribution in [0.15, 0.2) is 23.4 Å². The summed E-state index contributed by atoms with van der Waals surface area (Å²) in [6, 6.07) is 1.30. The van der Waals surface area contributed by atoms with E-state index < -0.39 is 10.0 Å². The lowest BCUT2D eigenvalue weighted by Crippen LogP contribution is -2.30. The zero-order valence-corrected chi connectivity index (χ0v) is 10.6. The highest BCUT2D eigenvalue weighted by Crippen LogP contribution is 2.09. The van der Waals surface area contributed by atoms with Crippen molar-refractivity contribution in [2.45, 2.75) is 24.8 Å². The Morgan fingerprint density at radius 1 is 1.47 bits per heavy atom. The molecule has 5 nitrogen and oxygen atoms in total. The Morgan fingerprint density at radius 2 is 2.18 bits per heavy atom. The number of sulfonamides is 1. The minimum Gasteiger partial charge on any atom is -0.320 e. The SMILES string of the molecule is CC(C)NS(=O)(=O)c1cncc(C#CCN)c1. The fourth-order valence-corrected chi connectivity index (χ4v) is 2.40. The van der Waals surface area contributed by atoms with Crippen LogP contribution in [0.3, 0.4) is 0 Å². The van der Waals surface area contributed by atoms with Gasteiger partial charge in [-0.25, -0.2) is 13.1 Å². The van der Waals surface area contributed by atoms with E-state index in [2.05, 4.69) is 21.5 Å². The van der Waals surface area contributed by atoms with Gasteiger partial charge in [-0.3, -0.25) is 4.98 Å². The normalized spacial score (nSPS) is 11.1. The van der Waals surface area contributed by atoms with Crippen LogP contribution in [0.1, 0.15) is 19.4 Å². The van der Waals surface area contributed by atoms with E-state index in [1.54, 1.807) is 13.8 Å². The molecular weight excluding hydrogens is 238 g/mol. The van der Waals surface area contributed by atoms with Crippen LogP contribution in [0, 0.1) is 11.8 Å². The van der Waals surface area contributed by atoms with Gasteiger partial charge in [-0.2, -0.15) is 0 Å². The van der Waals surface area contributed by atoms with Crippen LogP contribution in [0.2, 0.25) is 0 Å². The van der Waals surface area contributed by atoms with E-state index in [4.69, 9.17) is 5.73 Å². The average Bonchev–Trinajstić information content (AvgIpc) is 2.25. The van der Waals surface area contributed by atoms with Gasteiger partial charge in [0.1, 0.15) is 4.90 Å². The first-order valence-electron chi connectivity index (χ1n) is 5.12. The van der Waals surface area contributed by atoms with Crippen molar-refractivity contribution in [2.24, 2.45) is 5.73 Å². The molecule has 1 aromatic heterocycles. The predicted octanol–water partition coefficient (Wildman–Crippen LogP) is 0.0785. The summed E-state index contributed by atoms with van der Waals surface area (Å²) in [6.07, 6.45) is 2.79. The molecule has 1 rings (SSSR count). The van der Waals surface area contributed by atoms with E-state index >= 15 is 0 Å². The topological polar surface area (TPSA) is 85.1 Å². The third-order valence-corrected chi connectivity index (χ3v) is 3.37. The lowest BCUT2D eigenvalue weighted by molar-refractivity contribution is 0.569. The first kappa shape index (κ1) is 13.6. The number of nitrogens with zero attached hydrogens (tertiary/aromatic N) is 1. The molecule has 0 aliphatic rings. The molecule has 0 unspecified atom stereocenters. The van der Waals surface area contributed by atoms with Crippen molar-refractivity contribution in [1.82, 2.24) is 9.71 Å². The Hall–Kier alpha value is -1.42. The minimum atomic E-state index is -3.52. The first-order chi connectivity index (χ1) is 7.95. The van der Waals surface area contributed by atoms with Crippen molar-refractivity contribution >= 4 is 10.0 Å². The molecule has 0 saturated heterocycles. The molecule has 6 heteroatoms. The number of rotatable bonds is 3. The summed E-state index contributed by atoms with van der Waals surface area (Å²) in [6.45, 7) is 3.73. The Kier molecular flexibility index (Phi) is 4.63. The fourth-order valence-electron chi connectivity index (χ4n) is 1.17. The van der Waals surface area contributed by atoms with Crippen LogP contribution in [-0.4, -0.2) is 26.0 Å². The smallest absolute Gasteiger partial charge is 0.242 e. The molecule has 92 valence electrons. The molecule has 1 heterocycles. The highest BCUT2D eigenvalue weighted by molar-refractivity contribution is 7.89. The molecule has 0 saturated carbocycles. The number of nitrogens with one attached hydrogen (secondary N) is 1. The molecule has 0 radical (unpaired) electrons. The van der Waals surface area contributed by atoms with Gasteiger partial charge >= 0.3 is 0 Å². The molecule has 1 aromatic rings. The largest absolute Gasteiger partial charge is 0.320 e. The zero-order valence-electron chi connectivity index (χ0n) is 9.77. The number of nitrogens with two attached hydrogens (primary N) is 1. The third-order valence-electron chi connectivity index (χ3n) is 1.75. The summed E-state index contributed by atoms with van der Waals surface area (Å²) in [5, 5.41) is 0. The van der Waals surface area contributed by atoms with Gasteiger partial charge in [-0.15, -0.1) is 0 Å². The third kappa shape index (κ3) is 4.15. The second-order valence-electron chi connectivity index (χ2n) is 3.69. The second-order valence-corrected chi connectivity index (χ2v) is 5.41. The van der Waals surface area contributed by atoms with Gasteiger partial charge in [0.05, 0.1) is 6.54 Å². The van der Waals surface area contributed by atoms with Crippen molar-refractivity contribution in [3.05, 3.63) is 24.0 Å². The number of pyridine rings is 1. The van der Waals surface area contributed by atoms with Crippen LogP contribution in [0.4, 0.5) is 0 Å². The molecule has 0 aliphatic carbocycles. The van der Waals surface area contributed by atoms with Gasteiger partial charge in [0.25, 0.3) is 0 Å². The standard InChI is InChI=1S/C11H15N3O2S/c1-9(2)14-17(15,16)11-6-10(4-3-5-12)7-13-8-11/h6-9,14H,5,12H2,1-2H3. The molecule has 0 aliphatic heterocycles. The maximum absolute atomic E-state index is 11.8. The van der Waals surface area contributed by atoms with Crippen LogP contribution >= 0.6 is 0 Å². The Morgan fingerprint density at radius 3 is 2.76 bits per heavy atom. The van der Waals surface area contributed by atoms with Crippen molar-refractivity contribution < 1.29 is 8.42 Å². The molecule has 0 bridgehead atoms. The second kappa shape index (κ2) is 5.77. The fraction of sp³-hybridized carbons (Fsp3) is 0.364. The lowest BCUT2D eigenvalue weighted by atomic mass is 10.3. The van der Waals surface area contributed by atoms with E-state index in [0.29, 0.717) is 5.56 Å². The van der Waals surface area contributed by atoms with E-state index in [1.807, 2.05) is 0 Å². The van der Waals surface area contributed by atoms with Gasteiger partial charge in [-0.1, -0.05) is 11.8 Å². The van der Waals surface area contributed by atoms with E-state index in [9.17, 15) is 8.42 Å². The van der Waals surface area contributed by atoms with Crippen LogP contribution in [-0.2, 0) is 10.0 Å². The first-order valence-corrected chi connectivity index (χ1v) is 6.60. The Labute approximate surface area is 101 Å². The molecule has 17 heavy (non-hydrogen) atoms. The molecule has 0 fully saturated rings. The average molecular weight is 253 g/mol. The highest BCUT2D eigenvalue weighted by atomic mass is 32.2. The quantitative estimate of drug-likeness (QED) is 0.747. The van der Waals surface area contributed by atoms with Crippen molar-refractivity contribution in [2.75, 3.05) is 6.54 Å². The molecule has 0 aromatic carbocycles.